The highest BCUT2D eigenvalue weighted by Crippen LogP contribution is 2.19. The molecule has 1 aromatic heterocycles. The Kier molecular flexibility index (Phi) is 1.83. The van der Waals surface area contributed by atoms with Gasteiger partial charge in [-0.1, -0.05) is 26.0 Å². The van der Waals surface area contributed by atoms with Gasteiger partial charge in [-0.15, -0.1) is 0 Å². The Labute approximate surface area is 78.2 Å². The zero-order valence-electron chi connectivity index (χ0n) is 8.28. The molecule has 0 saturated heterocycles. The minimum Gasteiger partial charge on any atom is -0.275 e. The van der Waals surface area contributed by atoms with E-state index in [1.807, 2.05) is 17.9 Å². The molecule has 0 N–H and O–H groups in total. The van der Waals surface area contributed by atoms with Crippen molar-refractivity contribution in [2.24, 2.45) is 7.05 Å². The van der Waals surface area contributed by atoms with Gasteiger partial charge >= 0.3 is 0 Å². The quantitative estimate of drug-likeness (QED) is 0.650. The summed E-state index contributed by atoms with van der Waals surface area (Å²) in [5, 5.41) is 5.59. The predicted molar refractivity (Wildman–Crippen MR) is 54.8 cm³/mol. The van der Waals surface area contributed by atoms with Gasteiger partial charge in [-0.25, -0.2) is 0 Å². The van der Waals surface area contributed by atoms with E-state index in [9.17, 15) is 0 Å². The van der Waals surface area contributed by atoms with Gasteiger partial charge in [-0.3, -0.25) is 4.68 Å². The summed E-state index contributed by atoms with van der Waals surface area (Å²) in [7, 11) is 1.95. The minimum atomic E-state index is 0.575. The smallest absolute Gasteiger partial charge is 0.0926 e. The highest BCUT2D eigenvalue weighted by molar-refractivity contribution is 5.78. The van der Waals surface area contributed by atoms with Crippen LogP contribution in [0.2, 0.25) is 0 Å². The van der Waals surface area contributed by atoms with Crippen molar-refractivity contribution in [3.63, 3.8) is 0 Å². The highest BCUT2D eigenvalue weighted by Gasteiger charge is 2.02. The second kappa shape index (κ2) is 2.87. The third kappa shape index (κ3) is 1.44. The Morgan fingerprint density at radius 1 is 1.31 bits per heavy atom. The molecule has 0 unspecified atom stereocenters. The van der Waals surface area contributed by atoms with Crippen LogP contribution in [-0.2, 0) is 7.05 Å². The Hall–Kier alpha value is -1.31. The van der Waals surface area contributed by atoms with Crippen molar-refractivity contribution in [2.45, 2.75) is 19.8 Å². The van der Waals surface area contributed by atoms with Crippen molar-refractivity contribution in [3.8, 4) is 0 Å². The fourth-order valence-electron chi connectivity index (χ4n) is 1.52. The molecule has 0 saturated carbocycles. The van der Waals surface area contributed by atoms with Crippen LogP contribution >= 0.6 is 0 Å². The molecule has 1 aromatic carbocycles. The first-order valence-electron chi connectivity index (χ1n) is 4.60. The molecule has 0 bridgehead atoms. The van der Waals surface area contributed by atoms with Crippen LogP contribution in [-0.4, -0.2) is 9.78 Å². The lowest BCUT2D eigenvalue weighted by molar-refractivity contribution is 0.779. The number of aromatic nitrogens is 2. The van der Waals surface area contributed by atoms with E-state index in [-0.39, 0.29) is 0 Å². The first-order chi connectivity index (χ1) is 6.16. The summed E-state index contributed by atoms with van der Waals surface area (Å²) >= 11 is 0. The third-order valence-corrected chi connectivity index (χ3v) is 2.31. The van der Waals surface area contributed by atoms with Crippen molar-refractivity contribution >= 4 is 10.9 Å². The molecule has 1 heterocycles. The maximum absolute atomic E-state index is 4.37. The van der Waals surface area contributed by atoms with Gasteiger partial charge in [0.1, 0.15) is 0 Å². The molecule has 2 rings (SSSR count). The molecule has 0 radical (unpaired) electrons. The van der Waals surface area contributed by atoms with Gasteiger partial charge in [0, 0.05) is 18.6 Å². The molecular formula is C11H14N2. The SMILES string of the molecule is CC(C)c1ccc2cn(C)nc2c1. The normalized spacial score (nSPS) is 11.4. The van der Waals surface area contributed by atoms with Crippen LogP contribution < -0.4 is 0 Å². The Morgan fingerprint density at radius 3 is 2.77 bits per heavy atom. The lowest BCUT2D eigenvalue weighted by atomic mass is 10.0. The average Bonchev–Trinajstić information content (AvgIpc) is 2.42. The number of benzene rings is 1. The van der Waals surface area contributed by atoms with Crippen LogP contribution in [0.3, 0.4) is 0 Å². The molecule has 0 aliphatic heterocycles. The number of fused-ring (bicyclic) bond motifs is 1. The minimum absolute atomic E-state index is 0.575. The Bertz CT molecular complexity index is 427. The molecule has 0 spiro atoms. The monoisotopic (exact) mass is 174 g/mol. The van der Waals surface area contributed by atoms with Gasteiger partial charge in [-0.05, 0) is 17.5 Å². The van der Waals surface area contributed by atoms with Gasteiger partial charge < -0.3 is 0 Å². The molecule has 0 amide bonds. The van der Waals surface area contributed by atoms with E-state index in [0.29, 0.717) is 5.92 Å². The van der Waals surface area contributed by atoms with Gasteiger partial charge in [-0.2, -0.15) is 5.10 Å². The maximum Gasteiger partial charge on any atom is 0.0926 e. The highest BCUT2D eigenvalue weighted by atomic mass is 15.2. The van der Waals surface area contributed by atoms with Crippen LogP contribution in [0.1, 0.15) is 25.3 Å². The van der Waals surface area contributed by atoms with E-state index in [1.54, 1.807) is 0 Å². The van der Waals surface area contributed by atoms with Crippen LogP contribution in [0.4, 0.5) is 0 Å². The van der Waals surface area contributed by atoms with Crippen molar-refractivity contribution < 1.29 is 0 Å². The lowest BCUT2D eigenvalue weighted by Crippen LogP contribution is -1.87. The fraction of sp³-hybridized carbons (Fsp3) is 0.364. The van der Waals surface area contributed by atoms with Crippen molar-refractivity contribution in [3.05, 3.63) is 30.0 Å². The fourth-order valence-corrected chi connectivity index (χ4v) is 1.52. The summed E-state index contributed by atoms with van der Waals surface area (Å²) in [6.45, 7) is 4.40. The molecular weight excluding hydrogens is 160 g/mol. The van der Waals surface area contributed by atoms with Crippen molar-refractivity contribution in [1.82, 2.24) is 9.78 Å². The summed E-state index contributed by atoms with van der Waals surface area (Å²) in [5.41, 5.74) is 2.44. The first-order valence-corrected chi connectivity index (χ1v) is 4.60. The van der Waals surface area contributed by atoms with E-state index in [4.69, 9.17) is 0 Å². The number of aryl methyl sites for hydroxylation is 1. The van der Waals surface area contributed by atoms with Crippen LogP contribution in [0.5, 0.6) is 0 Å². The van der Waals surface area contributed by atoms with Gasteiger partial charge in [0.2, 0.25) is 0 Å². The molecule has 0 aliphatic rings. The molecule has 68 valence electrons. The largest absolute Gasteiger partial charge is 0.275 e. The van der Waals surface area contributed by atoms with E-state index in [2.05, 4.69) is 37.1 Å². The molecule has 2 heteroatoms. The van der Waals surface area contributed by atoms with E-state index < -0.39 is 0 Å². The Balaban J connectivity index is 2.61. The number of rotatable bonds is 1. The second-order valence-electron chi connectivity index (χ2n) is 3.78. The summed E-state index contributed by atoms with van der Waals surface area (Å²) in [5.74, 6) is 0.575. The molecule has 0 atom stereocenters. The molecule has 2 nitrogen and oxygen atoms in total. The van der Waals surface area contributed by atoms with Gasteiger partial charge in [0.25, 0.3) is 0 Å². The molecule has 0 fully saturated rings. The molecule has 0 aliphatic carbocycles. The summed E-state index contributed by atoms with van der Waals surface area (Å²) in [6, 6.07) is 6.48. The lowest BCUT2D eigenvalue weighted by Gasteiger charge is -2.03. The van der Waals surface area contributed by atoms with Crippen LogP contribution in [0.15, 0.2) is 24.4 Å². The van der Waals surface area contributed by atoms with E-state index >= 15 is 0 Å². The predicted octanol–water partition coefficient (Wildman–Crippen LogP) is 2.70. The number of nitrogens with zero attached hydrogens (tertiary/aromatic N) is 2. The maximum atomic E-state index is 4.37. The van der Waals surface area contributed by atoms with Crippen LogP contribution in [0, 0.1) is 0 Å². The van der Waals surface area contributed by atoms with E-state index in [0.717, 1.165) is 5.52 Å². The van der Waals surface area contributed by atoms with Crippen molar-refractivity contribution in [1.29, 1.82) is 0 Å². The third-order valence-electron chi connectivity index (χ3n) is 2.31. The zero-order valence-corrected chi connectivity index (χ0v) is 8.28. The zero-order chi connectivity index (χ0) is 9.42. The Morgan fingerprint density at radius 2 is 2.08 bits per heavy atom. The summed E-state index contributed by atoms with van der Waals surface area (Å²) in [6.07, 6.45) is 2.04. The summed E-state index contributed by atoms with van der Waals surface area (Å²) in [4.78, 5) is 0. The molecule has 13 heavy (non-hydrogen) atoms. The van der Waals surface area contributed by atoms with E-state index in [1.165, 1.54) is 10.9 Å². The van der Waals surface area contributed by atoms with Crippen LogP contribution in [0.25, 0.3) is 10.9 Å². The van der Waals surface area contributed by atoms with Gasteiger partial charge in [0.05, 0.1) is 5.52 Å². The topological polar surface area (TPSA) is 17.8 Å². The summed E-state index contributed by atoms with van der Waals surface area (Å²) < 4.78 is 1.86. The first kappa shape index (κ1) is 8.30. The van der Waals surface area contributed by atoms with Gasteiger partial charge in [0.15, 0.2) is 0 Å². The van der Waals surface area contributed by atoms with Crippen molar-refractivity contribution in [2.75, 3.05) is 0 Å². The standard InChI is InChI=1S/C11H14N2/c1-8(2)9-4-5-10-7-13(3)12-11(10)6-9/h4-8H,1-3H3. The number of hydrogen-bond donors (Lipinski definition) is 0. The second-order valence-corrected chi connectivity index (χ2v) is 3.78. The number of hydrogen-bond acceptors (Lipinski definition) is 1. The average molecular weight is 174 g/mol. The molecule has 2 aromatic rings.